The summed E-state index contributed by atoms with van der Waals surface area (Å²) in [5.41, 5.74) is 0. The van der Waals surface area contributed by atoms with Gasteiger partial charge in [0, 0.05) is 12.6 Å². The van der Waals surface area contributed by atoms with Gasteiger partial charge in [0.15, 0.2) is 5.79 Å². The van der Waals surface area contributed by atoms with E-state index >= 15 is 0 Å². The molecule has 1 atom stereocenters. The van der Waals surface area contributed by atoms with Crippen LogP contribution >= 0.6 is 0 Å². The molecule has 0 saturated carbocycles. The zero-order valence-electron chi connectivity index (χ0n) is 13.0. The minimum absolute atomic E-state index is 0.196. The Morgan fingerprint density at radius 2 is 1.67 bits per heavy atom. The van der Waals surface area contributed by atoms with Crippen LogP contribution in [0.4, 0.5) is 0 Å². The van der Waals surface area contributed by atoms with Crippen LogP contribution in [0, 0.1) is 11.8 Å². The quantitative estimate of drug-likeness (QED) is 0.760. The van der Waals surface area contributed by atoms with E-state index in [0.717, 1.165) is 18.4 Å². The maximum atomic E-state index is 5.82. The number of ether oxygens (including phenoxy) is 2. The Hall–Kier alpha value is -0.120. The maximum absolute atomic E-state index is 5.82. The molecule has 1 unspecified atom stereocenters. The average Bonchev–Trinajstić information content (AvgIpc) is 2.53. The molecule has 0 aromatic rings. The number of hydrogen-bond acceptors (Lipinski definition) is 3. The van der Waals surface area contributed by atoms with E-state index < -0.39 is 5.79 Å². The van der Waals surface area contributed by atoms with E-state index in [9.17, 15) is 0 Å². The van der Waals surface area contributed by atoms with Crippen molar-refractivity contribution < 1.29 is 9.47 Å². The topological polar surface area (TPSA) is 30.5 Å². The molecule has 18 heavy (non-hydrogen) atoms. The van der Waals surface area contributed by atoms with Crippen LogP contribution in [-0.2, 0) is 9.47 Å². The predicted octanol–water partition coefficient (Wildman–Crippen LogP) is 3.19. The van der Waals surface area contributed by atoms with E-state index in [1.807, 2.05) is 13.8 Å². The third kappa shape index (κ3) is 6.17. The zero-order chi connectivity index (χ0) is 13.8. The molecule has 3 nitrogen and oxygen atoms in total. The molecule has 0 aromatic carbocycles. The van der Waals surface area contributed by atoms with Crippen molar-refractivity contribution in [2.45, 2.75) is 72.3 Å². The first kappa shape index (κ1) is 15.9. The molecule has 1 aliphatic heterocycles. The molecule has 1 N–H and O–H groups in total. The molecular weight excluding hydrogens is 226 g/mol. The molecule has 1 aliphatic rings. The van der Waals surface area contributed by atoms with Crippen molar-refractivity contribution in [2.24, 2.45) is 11.8 Å². The van der Waals surface area contributed by atoms with Gasteiger partial charge in [-0.25, -0.2) is 0 Å². The smallest absolute Gasteiger partial charge is 0.163 e. The van der Waals surface area contributed by atoms with Crippen LogP contribution in [0.5, 0.6) is 0 Å². The van der Waals surface area contributed by atoms with Crippen molar-refractivity contribution in [3.05, 3.63) is 0 Å². The average molecular weight is 257 g/mol. The van der Waals surface area contributed by atoms with Crippen molar-refractivity contribution in [2.75, 3.05) is 13.2 Å². The summed E-state index contributed by atoms with van der Waals surface area (Å²) in [4.78, 5) is 0. The van der Waals surface area contributed by atoms with Crippen LogP contribution in [0.1, 0.15) is 54.4 Å². The van der Waals surface area contributed by atoms with Gasteiger partial charge in [0.2, 0.25) is 0 Å². The summed E-state index contributed by atoms with van der Waals surface area (Å²) in [6, 6.07) is 0.595. The van der Waals surface area contributed by atoms with Crippen molar-refractivity contribution >= 4 is 0 Å². The normalized spacial score (nSPS) is 23.5. The first-order valence-electron chi connectivity index (χ1n) is 7.33. The van der Waals surface area contributed by atoms with Gasteiger partial charge < -0.3 is 14.8 Å². The van der Waals surface area contributed by atoms with Crippen LogP contribution in [0.3, 0.4) is 0 Å². The second-order valence-electron chi connectivity index (χ2n) is 6.81. The van der Waals surface area contributed by atoms with Crippen molar-refractivity contribution in [3.8, 4) is 0 Å². The molecule has 1 fully saturated rings. The van der Waals surface area contributed by atoms with Crippen molar-refractivity contribution in [1.82, 2.24) is 5.32 Å². The molecule has 0 amide bonds. The van der Waals surface area contributed by atoms with Crippen LogP contribution in [0.25, 0.3) is 0 Å². The highest BCUT2D eigenvalue weighted by molar-refractivity contribution is 4.77. The molecule has 1 saturated heterocycles. The second-order valence-corrected chi connectivity index (χ2v) is 6.81. The summed E-state index contributed by atoms with van der Waals surface area (Å²) >= 11 is 0. The molecule has 0 bridgehead atoms. The predicted molar refractivity (Wildman–Crippen MR) is 75.6 cm³/mol. The van der Waals surface area contributed by atoms with Crippen LogP contribution < -0.4 is 5.32 Å². The molecule has 3 heteroatoms. The fraction of sp³-hybridized carbons (Fsp3) is 1.00. The summed E-state index contributed by atoms with van der Waals surface area (Å²) in [5, 5.41) is 3.66. The van der Waals surface area contributed by atoms with E-state index in [2.05, 4.69) is 33.0 Å². The molecule has 1 rings (SSSR count). The highest BCUT2D eigenvalue weighted by Crippen LogP contribution is 2.22. The van der Waals surface area contributed by atoms with Gasteiger partial charge in [0.25, 0.3) is 0 Å². The Bertz CT molecular complexity index is 229. The summed E-state index contributed by atoms with van der Waals surface area (Å²) in [6.07, 6.45) is 2.66. The molecule has 1 heterocycles. The van der Waals surface area contributed by atoms with Gasteiger partial charge in [-0.3, -0.25) is 0 Å². The van der Waals surface area contributed by atoms with Gasteiger partial charge in [-0.15, -0.1) is 0 Å². The highest BCUT2D eigenvalue weighted by atomic mass is 16.7. The zero-order valence-corrected chi connectivity index (χ0v) is 13.0. The van der Waals surface area contributed by atoms with E-state index in [4.69, 9.17) is 9.47 Å². The Morgan fingerprint density at radius 1 is 1.11 bits per heavy atom. The van der Waals surface area contributed by atoms with E-state index in [1.165, 1.54) is 12.8 Å². The van der Waals surface area contributed by atoms with Crippen LogP contribution in [-0.4, -0.2) is 31.1 Å². The number of nitrogens with one attached hydrogen (secondary N) is 1. The van der Waals surface area contributed by atoms with E-state index in [0.29, 0.717) is 12.6 Å². The summed E-state index contributed by atoms with van der Waals surface area (Å²) in [6.45, 7) is 14.7. The Labute approximate surface area is 113 Å². The largest absolute Gasteiger partial charge is 0.348 e. The molecular formula is C15H31NO2. The van der Waals surface area contributed by atoms with Crippen LogP contribution in [0.2, 0.25) is 0 Å². The fourth-order valence-electron chi connectivity index (χ4n) is 2.56. The first-order chi connectivity index (χ1) is 8.28. The lowest BCUT2D eigenvalue weighted by Crippen LogP contribution is -2.38. The van der Waals surface area contributed by atoms with Gasteiger partial charge in [-0.1, -0.05) is 27.7 Å². The molecule has 0 radical (unpaired) electrons. The fourth-order valence-corrected chi connectivity index (χ4v) is 2.56. The molecule has 0 aromatic heterocycles. The SMILES string of the molecule is CC(C)CC(CC(C)C)NCC1COC(C)(C)O1. The van der Waals surface area contributed by atoms with E-state index in [1.54, 1.807) is 0 Å². The van der Waals surface area contributed by atoms with Gasteiger partial charge in [-0.05, 0) is 38.5 Å². The van der Waals surface area contributed by atoms with E-state index in [-0.39, 0.29) is 6.10 Å². The molecule has 0 spiro atoms. The summed E-state index contributed by atoms with van der Waals surface area (Å²) in [5.74, 6) is 1.06. The lowest BCUT2D eigenvalue weighted by atomic mass is 9.95. The Morgan fingerprint density at radius 3 is 2.06 bits per heavy atom. The highest BCUT2D eigenvalue weighted by Gasteiger charge is 2.32. The minimum Gasteiger partial charge on any atom is -0.348 e. The standard InChI is InChI=1S/C15H31NO2/c1-11(2)7-13(8-12(3)4)16-9-14-10-17-15(5,6)18-14/h11-14,16H,7-10H2,1-6H3. The van der Waals surface area contributed by atoms with Crippen molar-refractivity contribution in [3.63, 3.8) is 0 Å². The third-order valence-electron chi connectivity index (χ3n) is 3.21. The summed E-state index contributed by atoms with van der Waals surface area (Å²) < 4.78 is 11.4. The van der Waals surface area contributed by atoms with Gasteiger partial charge >= 0.3 is 0 Å². The summed E-state index contributed by atoms with van der Waals surface area (Å²) in [7, 11) is 0. The maximum Gasteiger partial charge on any atom is 0.163 e. The first-order valence-corrected chi connectivity index (χ1v) is 7.33. The second kappa shape index (κ2) is 6.88. The lowest BCUT2D eigenvalue weighted by molar-refractivity contribution is -0.137. The van der Waals surface area contributed by atoms with Gasteiger partial charge in [0.05, 0.1) is 12.7 Å². The molecule has 108 valence electrons. The van der Waals surface area contributed by atoms with Gasteiger partial charge in [-0.2, -0.15) is 0 Å². The monoisotopic (exact) mass is 257 g/mol. The Kier molecular flexibility index (Phi) is 6.09. The van der Waals surface area contributed by atoms with Crippen molar-refractivity contribution in [1.29, 1.82) is 0 Å². The van der Waals surface area contributed by atoms with Crippen LogP contribution in [0.15, 0.2) is 0 Å². The Balaban J connectivity index is 2.32. The third-order valence-corrected chi connectivity index (χ3v) is 3.21. The molecule has 0 aliphatic carbocycles. The number of hydrogen-bond donors (Lipinski definition) is 1. The number of rotatable bonds is 7. The lowest BCUT2D eigenvalue weighted by Gasteiger charge is -2.24. The van der Waals surface area contributed by atoms with Gasteiger partial charge in [0.1, 0.15) is 0 Å². The minimum atomic E-state index is -0.405.